The number of carbonyl (C=O) groups excluding carboxylic acids is 1. The Hall–Kier alpha value is -3.87. The van der Waals surface area contributed by atoms with E-state index >= 15 is 0 Å². The average molecular weight is 404 g/mol. The van der Waals surface area contributed by atoms with E-state index in [0.717, 1.165) is 16.7 Å². The Bertz CT molecular complexity index is 1070. The predicted octanol–water partition coefficient (Wildman–Crippen LogP) is 4.12. The number of carbonyl (C=O) groups is 2. The zero-order chi connectivity index (χ0) is 20.9. The normalized spacial score (nSPS) is 13.2. The highest BCUT2D eigenvalue weighted by molar-refractivity contribution is 5.71. The summed E-state index contributed by atoms with van der Waals surface area (Å²) >= 11 is 0. The van der Waals surface area contributed by atoms with Crippen LogP contribution in [0, 0.1) is 0 Å². The molecule has 2 aromatic carbocycles. The standard InChI is InChI=1S/C23H20N2O5/c26-22(27)12-16-3-1-5-20(11-16)30-21-7-6-17(18-4-2-8-24-14-18)13-19(21)15-25-9-10-29-23(25)28/h1-8,11,13-14H,9-10,12,15H2,(H,26,27). The van der Waals surface area contributed by atoms with Gasteiger partial charge in [-0.05, 0) is 41.5 Å². The number of hydrogen-bond donors (Lipinski definition) is 1. The van der Waals surface area contributed by atoms with E-state index in [1.54, 1.807) is 41.6 Å². The van der Waals surface area contributed by atoms with Crippen LogP contribution >= 0.6 is 0 Å². The van der Waals surface area contributed by atoms with Crippen LogP contribution in [0.1, 0.15) is 11.1 Å². The molecular formula is C23H20N2O5. The lowest BCUT2D eigenvalue weighted by molar-refractivity contribution is -0.136. The Morgan fingerprint density at radius 1 is 1.13 bits per heavy atom. The van der Waals surface area contributed by atoms with Crippen LogP contribution < -0.4 is 4.74 Å². The molecule has 0 aliphatic carbocycles. The molecule has 0 radical (unpaired) electrons. The second-order valence-corrected chi connectivity index (χ2v) is 6.92. The van der Waals surface area contributed by atoms with E-state index in [0.29, 0.717) is 36.8 Å². The smallest absolute Gasteiger partial charge is 0.410 e. The van der Waals surface area contributed by atoms with Gasteiger partial charge in [0, 0.05) is 23.5 Å². The third-order valence-electron chi connectivity index (χ3n) is 4.74. The second-order valence-electron chi connectivity index (χ2n) is 6.92. The molecule has 0 bridgehead atoms. The van der Waals surface area contributed by atoms with Gasteiger partial charge in [0.05, 0.1) is 19.5 Å². The van der Waals surface area contributed by atoms with Gasteiger partial charge in [-0.1, -0.05) is 24.3 Å². The Balaban J connectivity index is 1.66. The van der Waals surface area contributed by atoms with Crippen molar-refractivity contribution in [3.63, 3.8) is 0 Å². The molecule has 1 aliphatic heterocycles. The summed E-state index contributed by atoms with van der Waals surface area (Å²) in [7, 11) is 0. The van der Waals surface area contributed by atoms with Gasteiger partial charge in [0.25, 0.3) is 0 Å². The molecular weight excluding hydrogens is 384 g/mol. The summed E-state index contributed by atoms with van der Waals surface area (Å²) in [5.74, 6) is 0.226. The largest absolute Gasteiger partial charge is 0.481 e. The number of benzene rings is 2. The third kappa shape index (κ3) is 4.57. The van der Waals surface area contributed by atoms with Crippen molar-refractivity contribution in [3.8, 4) is 22.6 Å². The summed E-state index contributed by atoms with van der Waals surface area (Å²) in [6.07, 6.45) is 3.06. The number of pyridine rings is 1. The van der Waals surface area contributed by atoms with Crippen LogP contribution in [-0.2, 0) is 22.5 Å². The zero-order valence-corrected chi connectivity index (χ0v) is 16.2. The van der Waals surface area contributed by atoms with E-state index in [9.17, 15) is 9.59 Å². The molecule has 0 unspecified atom stereocenters. The average Bonchev–Trinajstić information content (AvgIpc) is 3.14. The van der Waals surface area contributed by atoms with Crippen LogP contribution in [0.4, 0.5) is 4.79 Å². The minimum atomic E-state index is -0.902. The maximum absolute atomic E-state index is 11.9. The Labute approximate surface area is 173 Å². The lowest BCUT2D eigenvalue weighted by Crippen LogP contribution is -2.23. The Morgan fingerprint density at radius 2 is 2.03 bits per heavy atom. The van der Waals surface area contributed by atoms with Gasteiger partial charge in [-0.3, -0.25) is 9.78 Å². The molecule has 0 saturated carbocycles. The van der Waals surface area contributed by atoms with Crippen molar-refractivity contribution in [2.75, 3.05) is 13.2 Å². The van der Waals surface area contributed by atoms with Crippen LogP contribution in [0.2, 0.25) is 0 Å². The fourth-order valence-corrected chi connectivity index (χ4v) is 3.31. The predicted molar refractivity (Wildman–Crippen MR) is 109 cm³/mol. The van der Waals surface area contributed by atoms with Crippen molar-refractivity contribution in [3.05, 3.63) is 78.1 Å². The van der Waals surface area contributed by atoms with Crippen molar-refractivity contribution in [1.29, 1.82) is 0 Å². The number of amides is 1. The number of rotatable bonds is 7. The first-order valence-electron chi connectivity index (χ1n) is 9.52. The molecule has 1 N–H and O–H groups in total. The fourth-order valence-electron chi connectivity index (χ4n) is 3.31. The van der Waals surface area contributed by atoms with Crippen molar-refractivity contribution in [2.24, 2.45) is 0 Å². The molecule has 1 saturated heterocycles. The molecule has 4 rings (SSSR count). The first-order valence-corrected chi connectivity index (χ1v) is 9.52. The third-order valence-corrected chi connectivity index (χ3v) is 4.74. The van der Waals surface area contributed by atoms with Gasteiger partial charge in [-0.15, -0.1) is 0 Å². The summed E-state index contributed by atoms with van der Waals surface area (Å²) < 4.78 is 11.1. The lowest BCUT2D eigenvalue weighted by atomic mass is 10.0. The molecule has 1 fully saturated rings. The van der Waals surface area contributed by atoms with E-state index in [2.05, 4.69) is 4.98 Å². The molecule has 3 aromatic rings. The number of hydrogen-bond acceptors (Lipinski definition) is 5. The van der Waals surface area contributed by atoms with Gasteiger partial charge in [0.1, 0.15) is 18.1 Å². The van der Waals surface area contributed by atoms with Gasteiger partial charge < -0.3 is 19.5 Å². The van der Waals surface area contributed by atoms with E-state index < -0.39 is 5.97 Å². The van der Waals surface area contributed by atoms with Crippen LogP contribution in [0.3, 0.4) is 0 Å². The van der Waals surface area contributed by atoms with Crippen molar-refractivity contribution < 1.29 is 24.2 Å². The molecule has 0 spiro atoms. The Morgan fingerprint density at radius 3 is 2.77 bits per heavy atom. The van der Waals surface area contributed by atoms with Gasteiger partial charge in [0.15, 0.2) is 0 Å². The molecule has 30 heavy (non-hydrogen) atoms. The first kappa shape index (κ1) is 19.4. The topological polar surface area (TPSA) is 89.0 Å². The fraction of sp³-hybridized carbons (Fsp3) is 0.174. The van der Waals surface area contributed by atoms with Gasteiger partial charge in [-0.2, -0.15) is 0 Å². The summed E-state index contributed by atoms with van der Waals surface area (Å²) in [6.45, 7) is 1.23. The minimum absolute atomic E-state index is 0.0797. The van der Waals surface area contributed by atoms with Gasteiger partial charge in [0.2, 0.25) is 0 Å². The molecule has 7 nitrogen and oxygen atoms in total. The second kappa shape index (κ2) is 8.65. The van der Waals surface area contributed by atoms with E-state index in [4.69, 9.17) is 14.6 Å². The number of aliphatic carboxylic acids is 1. The summed E-state index contributed by atoms with van der Waals surface area (Å²) in [4.78, 5) is 28.7. The monoisotopic (exact) mass is 404 g/mol. The molecule has 0 atom stereocenters. The van der Waals surface area contributed by atoms with E-state index in [1.807, 2.05) is 30.3 Å². The summed E-state index contributed by atoms with van der Waals surface area (Å²) in [5.41, 5.74) is 3.38. The molecule has 1 amide bonds. The Kier molecular flexibility index (Phi) is 5.61. The number of ether oxygens (including phenoxy) is 2. The van der Waals surface area contributed by atoms with E-state index in [-0.39, 0.29) is 12.5 Å². The molecule has 1 aromatic heterocycles. The van der Waals surface area contributed by atoms with Gasteiger partial charge in [-0.25, -0.2) is 4.79 Å². The van der Waals surface area contributed by atoms with E-state index in [1.165, 1.54) is 0 Å². The maximum Gasteiger partial charge on any atom is 0.410 e. The van der Waals surface area contributed by atoms with Crippen molar-refractivity contribution >= 4 is 12.1 Å². The lowest BCUT2D eigenvalue weighted by Gasteiger charge is -2.18. The number of carboxylic acid groups (broad SMARTS) is 1. The van der Waals surface area contributed by atoms with Crippen molar-refractivity contribution in [2.45, 2.75) is 13.0 Å². The number of aromatic nitrogens is 1. The molecule has 7 heteroatoms. The highest BCUT2D eigenvalue weighted by atomic mass is 16.6. The SMILES string of the molecule is O=C(O)Cc1cccc(Oc2ccc(-c3cccnc3)cc2CN2CCOC2=O)c1. The highest BCUT2D eigenvalue weighted by Crippen LogP contribution is 2.31. The van der Waals surface area contributed by atoms with Crippen LogP contribution in [0.15, 0.2) is 67.0 Å². The first-order chi connectivity index (χ1) is 14.6. The zero-order valence-electron chi connectivity index (χ0n) is 16.2. The molecule has 152 valence electrons. The summed E-state index contributed by atoms with van der Waals surface area (Å²) in [6, 6.07) is 16.6. The number of nitrogens with zero attached hydrogens (tertiary/aromatic N) is 2. The number of carboxylic acids is 1. The maximum atomic E-state index is 11.9. The number of cyclic esters (lactones) is 1. The summed E-state index contributed by atoms with van der Waals surface area (Å²) in [5, 5.41) is 9.02. The van der Waals surface area contributed by atoms with Gasteiger partial charge >= 0.3 is 12.1 Å². The van der Waals surface area contributed by atoms with Crippen LogP contribution in [-0.4, -0.2) is 40.2 Å². The highest BCUT2D eigenvalue weighted by Gasteiger charge is 2.23. The quantitative estimate of drug-likeness (QED) is 0.637. The molecule has 2 heterocycles. The molecule has 1 aliphatic rings. The van der Waals surface area contributed by atoms with Crippen LogP contribution in [0.25, 0.3) is 11.1 Å². The van der Waals surface area contributed by atoms with Crippen LogP contribution in [0.5, 0.6) is 11.5 Å². The van der Waals surface area contributed by atoms with Crippen molar-refractivity contribution in [1.82, 2.24) is 9.88 Å². The minimum Gasteiger partial charge on any atom is -0.481 e.